The second-order valence-electron chi connectivity index (χ2n) is 14.2. The van der Waals surface area contributed by atoms with Gasteiger partial charge >= 0.3 is 0 Å². The van der Waals surface area contributed by atoms with Crippen molar-refractivity contribution < 1.29 is 19.1 Å². The van der Waals surface area contributed by atoms with Crippen LogP contribution < -0.4 is 9.47 Å². The van der Waals surface area contributed by atoms with Gasteiger partial charge in [0.05, 0.1) is 0 Å². The molecule has 4 nitrogen and oxygen atoms in total. The minimum atomic E-state index is -0.634. The standard InChI is InChI=1S/C47H46O4/c1-7-31-46(4,5)37-23-17-34(18-24-37)45(49)36-21-27-39(28-22-36)50-42-29-30-43(41-12-10-9-11-40(41)42)51-47(6,8-2)38-25-19-35(20-26-38)44(48)33-15-13-32(3)14-16-33/h9-30H,7-8,31H2,1-6H3. The summed E-state index contributed by atoms with van der Waals surface area (Å²) >= 11 is 0. The van der Waals surface area contributed by atoms with Crippen LogP contribution in [0.1, 0.15) is 102 Å². The third kappa shape index (κ3) is 7.66. The summed E-state index contributed by atoms with van der Waals surface area (Å²) in [6.45, 7) is 12.9. The van der Waals surface area contributed by atoms with Crippen molar-refractivity contribution in [3.63, 3.8) is 0 Å². The van der Waals surface area contributed by atoms with Crippen LogP contribution in [0.25, 0.3) is 10.8 Å². The van der Waals surface area contributed by atoms with Gasteiger partial charge in [-0.2, -0.15) is 0 Å². The Balaban J connectivity index is 1.18. The van der Waals surface area contributed by atoms with Gasteiger partial charge < -0.3 is 9.47 Å². The second-order valence-corrected chi connectivity index (χ2v) is 14.2. The molecule has 51 heavy (non-hydrogen) atoms. The Labute approximate surface area is 302 Å². The molecule has 0 aliphatic carbocycles. The Hall–Kier alpha value is -5.48. The number of hydrogen-bond acceptors (Lipinski definition) is 4. The third-order valence-corrected chi connectivity index (χ3v) is 10.1. The number of aryl methyl sites for hydroxylation is 1. The van der Waals surface area contributed by atoms with E-state index in [0.29, 0.717) is 33.8 Å². The van der Waals surface area contributed by atoms with Crippen molar-refractivity contribution in [1.82, 2.24) is 0 Å². The topological polar surface area (TPSA) is 52.6 Å². The van der Waals surface area contributed by atoms with Crippen molar-refractivity contribution in [3.8, 4) is 17.2 Å². The summed E-state index contributed by atoms with van der Waals surface area (Å²) in [7, 11) is 0. The molecule has 6 aromatic rings. The molecule has 0 fully saturated rings. The molecule has 258 valence electrons. The number of rotatable bonds is 13. The zero-order chi connectivity index (χ0) is 36.2. The van der Waals surface area contributed by atoms with E-state index in [1.807, 2.05) is 128 Å². The summed E-state index contributed by atoms with van der Waals surface area (Å²) in [6, 6.07) is 42.6. The zero-order valence-electron chi connectivity index (χ0n) is 30.5. The monoisotopic (exact) mass is 674 g/mol. The Morgan fingerprint density at radius 1 is 0.549 bits per heavy atom. The Morgan fingerprint density at radius 3 is 1.51 bits per heavy atom. The van der Waals surface area contributed by atoms with Gasteiger partial charge in [0.1, 0.15) is 22.8 Å². The molecular formula is C47H46O4. The first kappa shape index (κ1) is 35.3. The van der Waals surface area contributed by atoms with Crippen molar-refractivity contribution in [2.24, 2.45) is 0 Å². The van der Waals surface area contributed by atoms with Gasteiger partial charge in [0.2, 0.25) is 0 Å². The predicted octanol–water partition coefficient (Wildman–Crippen LogP) is 12.2. The van der Waals surface area contributed by atoms with E-state index < -0.39 is 5.60 Å². The smallest absolute Gasteiger partial charge is 0.193 e. The number of benzene rings is 6. The lowest BCUT2D eigenvalue weighted by Gasteiger charge is -2.31. The normalized spacial score (nSPS) is 12.7. The summed E-state index contributed by atoms with van der Waals surface area (Å²) in [6.07, 6.45) is 2.93. The van der Waals surface area contributed by atoms with Crippen LogP contribution in [0.4, 0.5) is 0 Å². The van der Waals surface area contributed by atoms with Gasteiger partial charge in [-0.05, 0) is 79.6 Å². The number of carbonyl (C=O) groups excluding carboxylic acids is 2. The summed E-state index contributed by atoms with van der Waals surface area (Å²) in [4.78, 5) is 26.4. The highest BCUT2D eigenvalue weighted by molar-refractivity contribution is 6.09. The fourth-order valence-electron chi connectivity index (χ4n) is 6.66. The van der Waals surface area contributed by atoms with E-state index in [-0.39, 0.29) is 17.0 Å². The van der Waals surface area contributed by atoms with Crippen LogP contribution in [0.3, 0.4) is 0 Å². The molecule has 0 aromatic heterocycles. The molecule has 0 N–H and O–H groups in total. The largest absolute Gasteiger partial charge is 0.482 e. The van der Waals surface area contributed by atoms with Crippen molar-refractivity contribution >= 4 is 22.3 Å². The van der Waals surface area contributed by atoms with Crippen LogP contribution in [-0.4, -0.2) is 11.6 Å². The number of ether oxygens (including phenoxy) is 2. The van der Waals surface area contributed by atoms with E-state index in [9.17, 15) is 9.59 Å². The molecular weight excluding hydrogens is 629 g/mol. The molecule has 0 spiro atoms. The molecule has 4 heteroatoms. The van der Waals surface area contributed by atoms with Crippen molar-refractivity contribution in [3.05, 3.63) is 172 Å². The molecule has 0 saturated heterocycles. The van der Waals surface area contributed by atoms with Crippen LogP contribution in [0.15, 0.2) is 133 Å². The lowest BCUT2D eigenvalue weighted by molar-refractivity contribution is 0.0844. The van der Waals surface area contributed by atoms with Crippen molar-refractivity contribution in [2.45, 2.75) is 71.8 Å². The predicted molar refractivity (Wildman–Crippen MR) is 208 cm³/mol. The first-order valence-electron chi connectivity index (χ1n) is 17.9. The number of ketones is 2. The number of carbonyl (C=O) groups is 2. The lowest BCUT2D eigenvalue weighted by Crippen LogP contribution is -2.28. The summed E-state index contributed by atoms with van der Waals surface area (Å²) in [5.74, 6) is 2.06. The van der Waals surface area contributed by atoms with Crippen molar-refractivity contribution in [1.29, 1.82) is 0 Å². The minimum absolute atomic E-state index is 0.000137. The quantitative estimate of drug-likeness (QED) is 0.114. The van der Waals surface area contributed by atoms with Crippen LogP contribution in [0.5, 0.6) is 17.2 Å². The molecule has 0 radical (unpaired) electrons. The van der Waals surface area contributed by atoms with E-state index >= 15 is 0 Å². The Kier molecular flexibility index (Phi) is 10.2. The molecule has 0 aliphatic heterocycles. The summed E-state index contributed by atoms with van der Waals surface area (Å²) in [5.41, 5.74) is 5.40. The van der Waals surface area contributed by atoms with E-state index in [1.165, 1.54) is 5.56 Å². The van der Waals surface area contributed by atoms with Gasteiger partial charge in [-0.25, -0.2) is 0 Å². The average Bonchev–Trinajstić information content (AvgIpc) is 3.16. The van der Waals surface area contributed by atoms with Crippen LogP contribution in [0, 0.1) is 6.92 Å². The van der Waals surface area contributed by atoms with Gasteiger partial charge in [0.15, 0.2) is 11.6 Å². The summed E-state index contributed by atoms with van der Waals surface area (Å²) in [5, 5.41) is 1.84. The molecule has 6 rings (SSSR count). The van der Waals surface area contributed by atoms with Gasteiger partial charge in [-0.1, -0.05) is 137 Å². The number of fused-ring (bicyclic) bond motifs is 1. The maximum Gasteiger partial charge on any atom is 0.193 e. The van der Waals surface area contributed by atoms with Crippen LogP contribution >= 0.6 is 0 Å². The minimum Gasteiger partial charge on any atom is -0.482 e. The lowest BCUT2D eigenvalue weighted by atomic mass is 9.80. The van der Waals surface area contributed by atoms with Crippen molar-refractivity contribution in [2.75, 3.05) is 0 Å². The number of hydrogen-bond donors (Lipinski definition) is 0. The first-order chi connectivity index (χ1) is 24.5. The molecule has 1 unspecified atom stereocenters. The fourth-order valence-corrected chi connectivity index (χ4v) is 6.66. The van der Waals surface area contributed by atoms with E-state index in [2.05, 4.69) is 46.8 Å². The Bertz CT molecular complexity index is 2140. The Morgan fingerprint density at radius 2 is 1.00 bits per heavy atom. The SMILES string of the molecule is CCCC(C)(C)c1ccc(C(=O)c2ccc(Oc3ccc(OC(C)(CC)c4ccc(C(=O)c5ccc(C)cc5)cc4)c4ccccc34)cc2)cc1. The molecule has 0 heterocycles. The summed E-state index contributed by atoms with van der Waals surface area (Å²) < 4.78 is 13.2. The van der Waals surface area contributed by atoms with E-state index in [0.717, 1.165) is 46.9 Å². The highest BCUT2D eigenvalue weighted by Crippen LogP contribution is 2.40. The highest BCUT2D eigenvalue weighted by Gasteiger charge is 2.28. The molecule has 0 saturated carbocycles. The maximum absolute atomic E-state index is 13.3. The van der Waals surface area contributed by atoms with Crippen LogP contribution in [0.2, 0.25) is 0 Å². The fraction of sp³-hybridized carbons (Fsp3) is 0.234. The third-order valence-electron chi connectivity index (χ3n) is 10.1. The molecule has 6 aromatic carbocycles. The highest BCUT2D eigenvalue weighted by atomic mass is 16.5. The van der Waals surface area contributed by atoms with E-state index in [4.69, 9.17) is 9.47 Å². The van der Waals surface area contributed by atoms with Gasteiger partial charge in [-0.3, -0.25) is 9.59 Å². The van der Waals surface area contributed by atoms with Crippen LogP contribution in [-0.2, 0) is 11.0 Å². The zero-order valence-corrected chi connectivity index (χ0v) is 30.5. The van der Waals surface area contributed by atoms with Gasteiger partial charge in [-0.15, -0.1) is 0 Å². The molecule has 1 atom stereocenters. The van der Waals surface area contributed by atoms with Gasteiger partial charge in [0.25, 0.3) is 0 Å². The molecule has 0 amide bonds. The van der Waals surface area contributed by atoms with Gasteiger partial charge in [0, 0.05) is 33.0 Å². The molecule has 0 aliphatic rings. The average molecular weight is 675 g/mol. The maximum atomic E-state index is 13.3. The second kappa shape index (κ2) is 14.8. The van der Waals surface area contributed by atoms with E-state index in [1.54, 1.807) is 0 Å². The molecule has 0 bridgehead atoms. The first-order valence-corrected chi connectivity index (χ1v) is 17.9.